The molecule has 0 aliphatic rings. The normalized spacial score (nSPS) is 16.6. The van der Waals surface area contributed by atoms with E-state index in [4.69, 9.17) is 0 Å². The molecule has 80 valence electrons. The number of nitrogens with zero attached hydrogens (tertiary/aromatic N) is 2. The fourth-order valence-corrected chi connectivity index (χ4v) is 1.08. The zero-order valence-electron chi connectivity index (χ0n) is 9.06. The average molecular weight is 190 g/mol. The molecule has 4 heteroatoms. The first-order valence-electron chi connectivity index (χ1n) is 4.59. The van der Waals surface area contributed by atoms with Crippen molar-refractivity contribution in [3.05, 3.63) is 0 Å². The predicted molar refractivity (Wildman–Crippen MR) is 53.7 cm³/mol. The molecular formula is C9H22N2O2. The van der Waals surface area contributed by atoms with E-state index in [9.17, 15) is 10.2 Å². The Morgan fingerprint density at radius 2 is 1.46 bits per heavy atom. The van der Waals surface area contributed by atoms with E-state index in [2.05, 4.69) is 0 Å². The van der Waals surface area contributed by atoms with Crippen molar-refractivity contribution in [2.24, 2.45) is 0 Å². The van der Waals surface area contributed by atoms with Crippen LogP contribution in [-0.2, 0) is 0 Å². The largest absolute Gasteiger partial charge is 0.390 e. The number of aliphatic hydroxyl groups is 2. The van der Waals surface area contributed by atoms with Gasteiger partial charge in [0.25, 0.3) is 0 Å². The summed E-state index contributed by atoms with van der Waals surface area (Å²) in [6, 6.07) is 0. The van der Waals surface area contributed by atoms with E-state index >= 15 is 0 Å². The van der Waals surface area contributed by atoms with Crippen molar-refractivity contribution >= 4 is 0 Å². The Kier molecular flexibility index (Phi) is 6.24. The fourth-order valence-electron chi connectivity index (χ4n) is 1.08. The zero-order chi connectivity index (χ0) is 10.4. The molecule has 0 saturated heterocycles. The van der Waals surface area contributed by atoms with Gasteiger partial charge in [-0.15, -0.1) is 0 Å². The van der Waals surface area contributed by atoms with Crippen LogP contribution in [0.4, 0.5) is 0 Å². The van der Waals surface area contributed by atoms with E-state index < -0.39 is 12.2 Å². The van der Waals surface area contributed by atoms with E-state index in [1.807, 2.05) is 38.0 Å². The minimum absolute atomic E-state index is 0.509. The highest BCUT2D eigenvalue weighted by Gasteiger charge is 2.16. The summed E-state index contributed by atoms with van der Waals surface area (Å²) in [6.07, 6.45) is -0.651. The monoisotopic (exact) mass is 190 g/mol. The standard InChI is InChI=1S/C9H22N2O2/c1-10(2)6-5-8(12)9(13)7-11(3)4/h8-9,12-13H,5-7H2,1-4H3. The van der Waals surface area contributed by atoms with E-state index in [1.165, 1.54) is 0 Å². The molecule has 4 nitrogen and oxygen atoms in total. The van der Waals surface area contributed by atoms with Crippen molar-refractivity contribution in [1.82, 2.24) is 9.80 Å². The molecule has 0 amide bonds. The van der Waals surface area contributed by atoms with Gasteiger partial charge in [0.15, 0.2) is 0 Å². The molecule has 2 N–H and O–H groups in total. The highest BCUT2D eigenvalue weighted by molar-refractivity contribution is 4.70. The quantitative estimate of drug-likeness (QED) is 0.577. The third kappa shape index (κ3) is 6.95. The lowest BCUT2D eigenvalue weighted by atomic mass is 10.1. The van der Waals surface area contributed by atoms with Gasteiger partial charge in [-0.2, -0.15) is 0 Å². The maximum atomic E-state index is 9.51. The number of hydrogen-bond acceptors (Lipinski definition) is 4. The van der Waals surface area contributed by atoms with E-state index in [-0.39, 0.29) is 0 Å². The summed E-state index contributed by atoms with van der Waals surface area (Å²) in [5.74, 6) is 0. The van der Waals surface area contributed by atoms with Crippen LogP contribution in [-0.4, -0.2) is 73.5 Å². The van der Waals surface area contributed by atoms with Crippen LogP contribution in [0.2, 0.25) is 0 Å². The highest BCUT2D eigenvalue weighted by Crippen LogP contribution is 2.00. The molecule has 0 heterocycles. The van der Waals surface area contributed by atoms with Gasteiger partial charge >= 0.3 is 0 Å². The van der Waals surface area contributed by atoms with Gasteiger partial charge in [0, 0.05) is 13.1 Å². The molecule has 0 spiro atoms. The Hall–Kier alpha value is -0.160. The molecule has 0 radical (unpaired) electrons. The molecular weight excluding hydrogens is 168 g/mol. The highest BCUT2D eigenvalue weighted by atomic mass is 16.3. The van der Waals surface area contributed by atoms with Crippen molar-refractivity contribution in [2.75, 3.05) is 41.3 Å². The van der Waals surface area contributed by atoms with Crippen molar-refractivity contribution in [3.8, 4) is 0 Å². The van der Waals surface area contributed by atoms with Crippen LogP contribution in [0.1, 0.15) is 6.42 Å². The van der Waals surface area contributed by atoms with Gasteiger partial charge < -0.3 is 20.0 Å². The lowest BCUT2D eigenvalue weighted by molar-refractivity contribution is -0.00172. The molecule has 2 unspecified atom stereocenters. The van der Waals surface area contributed by atoms with Gasteiger partial charge in [-0.05, 0) is 34.6 Å². The third-order valence-corrected chi connectivity index (χ3v) is 1.87. The molecule has 0 saturated carbocycles. The summed E-state index contributed by atoms with van der Waals surface area (Å²) in [7, 11) is 7.65. The molecule has 0 rings (SSSR count). The topological polar surface area (TPSA) is 46.9 Å². The second-order valence-corrected chi connectivity index (χ2v) is 3.99. The maximum absolute atomic E-state index is 9.51. The number of hydrogen-bond donors (Lipinski definition) is 2. The van der Waals surface area contributed by atoms with Crippen molar-refractivity contribution in [2.45, 2.75) is 18.6 Å². The van der Waals surface area contributed by atoms with E-state index in [0.717, 1.165) is 6.54 Å². The van der Waals surface area contributed by atoms with Gasteiger partial charge in [0.05, 0.1) is 12.2 Å². The Morgan fingerprint density at radius 1 is 0.923 bits per heavy atom. The zero-order valence-corrected chi connectivity index (χ0v) is 9.06. The van der Waals surface area contributed by atoms with Gasteiger partial charge in [0.2, 0.25) is 0 Å². The molecule has 0 aliphatic carbocycles. The lowest BCUT2D eigenvalue weighted by Crippen LogP contribution is -2.37. The molecule has 0 aromatic rings. The van der Waals surface area contributed by atoms with Crippen molar-refractivity contribution in [3.63, 3.8) is 0 Å². The van der Waals surface area contributed by atoms with Gasteiger partial charge in [-0.25, -0.2) is 0 Å². The second-order valence-electron chi connectivity index (χ2n) is 3.99. The van der Waals surface area contributed by atoms with Crippen LogP contribution in [0, 0.1) is 0 Å². The second kappa shape index (κ2) is 6.32. The number of rotatable bonds is 6. The van der Waals surface area contributed by atoms with Crippen LogP contribution in [0.5, 0.6) is 0 Å². The predicted octanol–water partition coefficient (Wildman–Crippen LogP) is -0.778. The molecule has 0 aliphatic heterocycles. The van der Waals surface area contributed by atoms with Crippen LogP contribution in [0.15, 0.2) is 0 Å². The first-order valence-corrected chi connectivity index (χ1v) is 4.59. The Labute approximate surface area is 80.8 Å². The number of aliphatic hydroxyl groups excluding tert-OH is 2. The Morgan fingerprint density at radius 3 is 1.85 bits per heavy atom. The Bertz CT molecular complexity index is 129. The van der Waals surface area contributed by atoms with Gasteiger partial charge in [-0.1, -0.05) is 0 Å². The first kappa shape index (κ1) is 12.8. The molecule has 0 bridgehead atoms. The van der Waals surface area contributed by atoms with E-state index in [0.29, 0.717) is 13.0 Å². The third-order valence-electron chi connectivity index (χ3n) is 1.87. The van der Waals surface area contributed by atoms with Crippen molar-refractivity contribution < 1.29 is 10.2 Å². The summed E-state index contributed by atoms with van der Waals surface area (Å²) in [5.41, 5.74) is 0. The Balaban J connectivity index is 3.62. The fraction of sp³-hybridized carbons (Fsp3) is 1.00. The SMILES string of the molecule is CN(C)CCC(O)C(O)CN(C)C. The molecule has 2 atom stereocenters. The smallest absolute Gasteiger partial charge is 0.0925 e. The summed E-state index contributed by atoms with van der Waals surface area (Å²) in [4.78, 5) is 3.86. The maximum Gasteiger partial charge on any atom is 0.0925 e. The lowest BCUT2D eigenvalue weighted by Gasteiger charge is -2.22. The van der Waals surface area contributed by atoms with E-state index in [1.54, 1.807) is 0 Å². The summed E-state index contributed by atoms with van der Waals surface area (Å²) >= 11 is 0. The summed E-state index contributed by atoms with van der Waals surface area (Å²) < 4.78 is 0. The molecule has 0 aromatic heterocycles. The van der Waals surface area contributed by atoms with Gasteiger partial charge in [0.1, 0.15) is 0 Å². The van der Waals surface area contributed by atoms with Gasteiger partial charge in [-0.3, -0.25) is 0 Å². The summed E-state index contributed by atoms with van der Waals surface area (Å²) in [6.45, 7) is 1.31. The van der Waals surface area contributed by atoms with Crippen LogP contribution >= 0.6 is 0 Å². The van der Waals surface area contributed by atoms with Crippen LogP contribution in [0.25, 0.3) is 0 Å². The average Bonchev–Trinajstić information content (AvgIpc) is 1.98. The molecule has 0 aromatic carbocycles. The number of likely N-dealkylation sites (N-methyl/N-ethyl adjacent to an activating group) is 1. The van der Waals surface area contributed by atoms with Crippen molar-refractivity contribution in [1.29, 1.82) is 0 Å². The van der Waals surface area contributed by atoms with Crippen LogP contribution < -0.4 is 0 Å². The first-order chi connectivity index (χ1) is 5.93. The minimum Gasteiger partial charge on any atom is -0.390 e. The molecule has 13 heavy (non-hydrogen) atoms. The van der Waals surface area contributed by atoms with Crippen LogP contribution in [0.3, 0.4) is 0 Å². The summed E-state index contributed by atoms with van der Waals surface area (Å²) in [5, 5.41) is 19.0. The minimum atomic E-state index is -0.644. The molecule has 0 fully saturated rings.